The van der Waals surface area contributed by atoms with E-state index in [2.05, 4.69) is 5.32 Å². The fourth-order valence-corrected chi connectivity index (χ4v) is 1.35. The van der Waals surface area contributed by atoms with Gasteiger partial charge in [0.15, 0.2) is 0 Å². The Balaban J connectivity index is 2.50. The second-order valence-electron chi connectivity index (χ2n) is 3.13. The molecule has 0 unspecified atom stereocenters. The molecule has 0 aromatic carbocycles. The number of carbonyl (C=O) groups excluding carboxylic acids is 1. The van der Waals surface area contributed by atoms with E-state index in [-0.39, 0.29) is 5.97 Å². The van der Waals surface area contributed by atoms with Gasteiger partial charge in [-0.1, -0.05) is 0 Å². The number of ether oxygens (including phenoxy) is 1. The number of nitrogens with one attached hydrogen (secondary N) is 1. The van der Waals surface area contributed by atoms with Crippen LogP contribution in [-0.4, -0.2) is 31.2 Å². The summed E-state index contributed by atoms with van der Waals surface area (Å²) in [5.41, 5.74) is 5.14. The summed E-state index contributed by atoms with van der Waals surface area (Å²) in [7, 11) is 0. The molecular formula is C8H16N2O2. The first-order chi connectivity index (χ1) is 5.69. The van der Waals surface area contributed by atoms with Crippen molar-refractivity contribution >= 4 is 5.97 Å². The molecule has 1 fully saturated rings. The van der Waals surface area contributed by atoms with Gasteiger partial charge in [0.1, 0.15) is 5.54 Å². The summed E-state index contributed by atoms with van der Waals surface area (Å²) in [5.74, 6) is -0.258. The van der Waals surface area contributed by atoms with Crippen LogP contribution in [0.25, 0.3) is 0 Å². The Morgan fingerprint density at radius 1 is 1.58 bits per heavy atom. The molecule has 1 saturated heterocycles. The van der Waals surface area contributed by atoms with E-state index in [1.807, 2.05) is 0 Å². The van der Waals surface area contributed by atoms with Crippen LogP contribution in [0.1, 0.15) is 19.8 Å². The zero-order chi connectivity index (χ0) is 9.03. The van der Waals surface area contributed by atoms with Crippen LogP contribution in [0, 0.1) is 0 Å². The first-order valence-corrected chi connectivity index (χ1v) is 4.36. The fourth-order valence-electron chi connectivity index (χ4n) is 1.35. The molecule has 70 valence electrons. The SMILES string of the molecule is CCOC(=O)C1(N)CCNCC1. The Kier molecular flexibility index (Phi) is 3.05. The molecule has 0 atom stereocenters. The highest BCUT2D eigenvalue weighted by atomic mass is 16.5. The highest BCUT2D eigenvalue weighted by Gasteiger charge is 2.36. The molecule has 1 heterocycles. The van der Waals surface area contributed by atoms with Gasteiger partial charge in [0, 0.05) is 0 Å². The van der Waals surface area contributed by atoms with E-state index in [0.717, 1.165) is 13.1 Å². The van der Waals surface area contributed by atoms with Gasteiger partial charge in [-0.15, -0.1) is 0 Å². The van der Waals surface area contributed by atoms with Gasteiger partial charge in [-0.3, -0.25) is 4.79 Å². The monoisotopic (exact) mass is 172 g/mol. The number of nitrogens with two attached hydrogens (primary N) is 1. The maximum atomic E-state index is 11.3. The Morgan fingerprint density at radius 3 is 2.67 bits per heavy atom. The van der Waals surface area contributed by atoms with Crippen LogP contribution in [0.3, 0.4) is 0 Å². The summed E-state index contributed by atoms with van der Waals surface area (Å²) in [4.78, 5) is 11.3. The summed E-state index contributed by atoms with van der Waals surface area (Å²) in [6.45, 7) is 3.80. The molecule has 3 N–H and O–H groups in total. The predicted molar refractivity (Wildman–Crippen MR) is 45.7 cm³/mol. The normalized spacial score (nSPS) is 21.8. The third-order valence-electron chi connectivity index (χ3n) is 2.18. The molecule has 12 heavy (non-hydrogen) atoms. The topological polar surface area (TPSA) is 64.3 Å². The third-order valence-corrected chi connectivity index (χ3v) is 2.18. The van der Waals surface area contributed by atoms with Crippen LogP contribution in [0.15, 0.2) is 0 Å². The van der Waals surface area contributed by atoms with Crippen LogP contribution >= 0.6 is 0 Å². The third kappa shape index (κ3) is 1.95. The Bertz CT molecular complexity index is 164. The Hall–Kier alpha value is -0.610. The Morgan fingerprint density at radius 2 is 2.17 bits per heavy atom. The predicted octanol–water partition coefficient (Wildman–Crippen LogP) is -0.370. The number of piperidine rings is 1. The van der Waals surface area contributed by atoms with Crippen molar-refractivity contribution < 1.29 is 9.53 Å². The maximum absolute atomic E-state index is 11.3. The summed E-state index contributed by atoms with van der Waals surface area (Å²) in [6.07, 6.45) is 1.34. The number of hydrogen-bond acceptors (Lipinski definition) is 4. The van der Waals surface area contributed by atoms with Crippen molar-refractivity contribution in [3.63, 3.8) is 0 Å². The highest BCUT2D eigenvalue weighted by molar-refractivity contribution is 5.80. The fraction of sp³-hybridized carbons (Fsp3) is 0.875. The van der Waals surface area contributed by atoms with Gasteiger partial charge in [-0.2, -0.15) is 0 Å². The van der Waals surface area contributed by atoms with Crippen molar-refractivity contribution in [2.24, 2.45) is 5.73 Å². The standard InChI is InChI=1S/C8H16N2O2/c1-2-12-7(11)8(9)3-5-10-6-4-8/h10H,2-6,9H2,1H3. The molecule has 0 aliphatic carbocycles. The molecular weight excluding hydrogens is 156 g/mol. The quantitative estimate of drug-likeness (QED) is 0.558. The van der Waals surface area contributed by atoms with E-state index >= 15 is 0 Å². The van der Waals surface area contributed by atoms with Gasteiger partial charge in [0.2, 0.25) is 0 Å². The lowest BCUT2D eigenvalue weighted by Crippen LogP contribution is -2.55. The van der Waals surface area contributed by atoms with Gasteiger partial charge in [0.25, 0.3) is 0 Å². The molecule has 1 rings (SSSR count). The number of carbonyl (C=O) groups is 1. The van der Waals surface area contributed by atoms with E-state index in [0.29, 0.717) is 19.4 Å². The first-order valence-electron chi connectivity index (χ1n) is 4.36. The zero-order valence-corrected chi connectivity index (χ0v) is 7.43. The van der Waals surface area contributed by atoms with Crippen LogP contribution in [-0.2, 0) is 9.53 Å². The molecule has 0 saturated carbocycles. The summed E-state index contributed by atoms with van der Waals surface area (Å²) >= 11 is 0. The molecule has 1 aliphatic rings. The van der Waals surface area contributed by atoms with Crippen LogP contribution in [0.4, 0.5) is 0 Å². The molecule has 0 aromatic rings. The van der Waals surface area contributed by atoms with E-state index in [4.69, 9.17) is 10.5 Å². The van der Waals surface area contributed by atoms with E-state index in [1.165, 1.54) is 0 Å². The average Bonchev–Trinajstić information content (AvgIpc) is 2.06. The second-order valence-corrected chi connectivity index (χ2v) is 3.13. The van der Waals surface area contributed by atoms with Gasteiger partial charge < -0.3 is 15.8 Å². The molecule has 4 heteroatoms. The van der Waals surface area contributed by atoms with E-state index in [1.54, 1.807) is 6.92 Å². The molecule has 0 amide bonds. The molecule has 0 spiro atoms. The summed E-state index contributed by atoms with van der Waals surface area (Å²) < 4.78 is 4.89. The number of hydrogen-bond donors (Lipinski definition) is 2. The van der Waals surface area contributed by atoms with E-state index < -0.39 is 5.54 Å². The smallest absolute Gasteiger partial charge is 0.326 e. The number of rotatable bonds is 2. The van der Waals surface area contributed by atoms with Gasteiger partial charge in [-0.05, 0) is 32.9 Å². The summed E-state index contributed by atoms with van der Waals surface area (Å²) in [6, 6.07) is 0. The van der Waals surface area contributed by atoms with Gasteiger partial charge in [0.05, 0.1) is 6.61 Å². The molecule has 0 bridgehead atoms. The van der Waals surface area contributed by atoms with Crippen molar-refractivity contribution in [2.45, 2.75) is 25.3 Å². The lowest BCUT2D eigenvalue weighted by atomic mass is 9.90. The van der Waals surface area contributed by atoms with Crippen molar-refractivity contribution in [3.05, 3.63) is 0 Å². The van der Waals surface area contributed by atoms with Crippen molar-refractivity contribution in [1.29, 1.82) is 0 Å². The van der Waals surface area contributed by atoms with Crippen molar-refractivity contribution in [2.75, 3.05) is 19.7 Å². The minimum atomic E-state index is -0.735. The average molecular weight is 172 g/mol. The second kappa shape index (κ2) is 3.87. The lowest BCUT2D eigenvalue weighted by Gasteiger charge is -2.31. The number of esters is 1. The maximum Gasteiger partial charge on any atom is 0.326 e. The largest absolute Gasteiger partial charge is 0.465 e. The molecule has 1 aliphatic heterocycles. The molecule has 0 aromatic heterocycles. The van der Waals surface area contributed by atoms with Crippen molar-refractivity contribution in [3.8, 4) is 0 Å². The minimum Gasteiger partial charge on any atom is -0.465 e. The van der Waals surface area contributed by atoms with Crippen molar-refractivity contribution in [1.82, 2.24) is 5.32 Å². The minimum absolute atomic E-state index is 0.258. The van der Waals surface area contributed by atoms with Gasteiger partial charge >= 0.3 is 5.97 Å². The van der Waals surface area contributed by atoms with E-state index in [9.17, 15) is 4.79 Å². The highest BCUT2D eigenvalue weighted by Crippen LogP contribution is 2.16. The van der Waals surface area contributed by atoms with Gasteiger partial charge in [-0.25, -0.2) is 0 Å². The van der Waals surface area contributed by atoms with Crippen LogP contribution in [0.5, 0.6) is 0 Å². The molecule has 4 nitrogen and oxygen atoms in total. The van der Waals surface area contributed by atoms with Crippen LogP contribution in [0.2, 0.25) is 0 Å². The first kappa shape index (κ1) is 9.48. The zero-order valence-electron chi connectivity index (χ0n) is 7.43. The molecule has 0 radical (unpaired) electrons. The summed E-state index contributed by atoms with van der Waals surface area (Å²) in [5, 5.41) is 3.15. The van der Waals surface area contributed by atoms with Crippen LogP contribution < -0.4 is 11.1 Å². The lowest BCUT2D eigenvalue weighted by molar-refractivity contribution is -0.150. The Labute approximate surface area is 72.5 Å².